The summed E-state index contributed by atoms with van der Waals surface area (Å²) in [7, 11) is 1.37. The molecule has 7 atom stereocenters. The fraction of sp³-hybridized carbons (Fsp3) is 0.579. The number of ketones is 1. The van der Waals surface area contributed by atoms with E-state index in [-0.39, 0.29) is 57.0 Å². The topological polar surface area (TPSA) is 200 Å². The third kappa shape index (κ3) is 12.0. The normalized spacial score (nSPS) is 21.9. The van der Waals surface area contributed by atoms with E-state index >= 15 is 0 Å². The average molecular weight is 744 g/mol. The predicted octanol–water partition coefficient (Wildman–Crippen LogP) is 1.66. The standard InChI is InChI=1S/C38H53N3O12/c1-23-32(53-37(48-4)35(45)34(23)44)21-51-22-33(43)39-15-17-50-19-18-49-16-9-14-31(42)24(2)40-36(46)25(3)41-38(47)52-20-30-28-12-7-5-10-26(28)27-11-6-8-13-29(27)30/h5-8,10-13,23-25,30,32,34-35,37,44-45H,9,14-22H2,1-4H3,(H,39,43)(H,40,46)(H,41,47)/t23-,24?,25?,32?,34+,35?,37-/m1/s1. The van der Waals surface area contributed by atoms with E-state index in [1.807, 2.05) is 36.4 Å². The number of carbonyl (C=O) groups excluding carboxylic acids is 4. The highest BCUT2D eigenvalue weighted by atomic mass is 16.7. The molecule has 4 unspecified atom stereocenters. The van der Waals surface area contributed by atoms with Crippen LogP contribution in [0.3, 0.4) is 0 Å². The quantitative estimate of drug-likeness (QED) is 0.116. The second kappa shape index (κ2) is 21.1. The van der Waals surface area contributed by atoms with Gasteiger partial charge in [-0.3, -0.25) is 14.4 Å². The van der Waals surface area contributed by atoms with E-state index < -0.39 is 54.6 Å². The third-order valence-electron chi connectivity index (χ3n) is 9.38. The van der Waals surface area contributed by atoms with E-state index in [1.165, 1.54) is 14.0 Å². The molecule has 0 spiro atoms. The second-order valence-electron chi connectivity index (χ2n) is 13.2. The monoisotopic (exact) mass is 743 g/mol. The Labute approximate surface area is 310 Å². The van der Waals surface area contributed by atoms with Crippen molar-refractivity contribution < 1.29 is 57.8 Å². The summed E-state index contributed by atoms with van der Waals surface area (Å²) < 4.78 is 32.5. The lowest BCUT2D eigenvalue weighted by atomic mass is 9.91. The van der Waals surface area contributed by atoms with E-state index in [1.54, 1.807) is 13.8 Å². The number of benzene rings is 2. The van der Waals surface area contributed by atoms with Crippen LogP contribution < -0.4 is 16.0 Å². The number of aliphatic hydroxyl groups excluding tert-OH is 2. The average Bonchev–Trinajstić information content (AvgIpc) is 3.47. The van der Waals surface area contributed by atoms with E-state index in [0.29, 0.717) is 26.2 Å². The van der Waals surface area contributed by atoms with Crippen molar-refractivity contribution in [3.8, 4) is 11.1 Å². The van der Waals surface area contributed by atoms with Gasteiger partial charge in [-0.25, -0.2) is 4.79 Å². The van der Waals surface area contributed by atoms with Crippen molar-refractivity contribution in [1.82, 2.24) is 16.0 Å². The second-order valence-corrected chi connectivity index (χ2v) is 13.2. The molecule has 1 saturated heterocycles. The summed E-state index contributed by atoms with van der Waals surface area (Å²) in [5, 5.41) is 28.0. The molecule has 2 aromatic carbocycles. The number of ether oxygens (including phenoxy) is 6. The van der Waals surface area contributed by atoms with Crippen molar-refractivity contribution in [2.45, 2.75) is 76.2 Å². The molecule has 0 saturated carbocycles. The van der Waals surface area contributed by atoms with Crippen molar-refractivity contribution in [3.63, 3.8) is 0 Å². The highest BCUT2D eigenvalue weighted by Crippen LogP contribution is 2.44. The molecule has 4 rings (SSSR count). The molecule has 1 heterocycles. The minimum atomic E-state index is -1.16. The van der Waals surface area contributed by atoms with Crippen LogP contribution in [-0.4, -0.2) is 130 Å². The van der Waals surface area contributed by atoms with E-state index in [4.69, 9.17) is 28.4 Å². The van der Waals surface area contributed by atoms with Crippen molar-refractivity contribution in [1.29, 1.82) is 0 Å². The Hall–Kier alpha value is -3.96. The zero-order valence-corrected chi connectivity index (χ0v) is 30.8. The summed E-state index contributed by atoms with van der Waals surface area (Å²) in [6, 6.07) is 14.4. The van der Waals surface area contributed by atoms with Gasteiger partial charge in [-0.2, -0.15) is 0 Å². The zero-order chi connectivity index (χ0) is 38.3. The van der Waals surface area contributed by atoms with E-state index in [9.17, 15) is 29.4 Å². The molecule has 1 aliphatic heterocycles. The lowest BCUT2D eigenvalue weighted by molar-refractivity contribution is -0.282. The molecule has 0 bridgehead atoms. The van der Waals surface area contributed by atoms with Gasteiger partial charge >= 0.3 is 6.09 Å². The van der Waals surface area contributed by atoms with Gasteiger partial charge < -0.3 is 54.6 Å². The number of amides is 3. The van der Waals surface area contributed by atoms with Crippen molar-refractivity contribution in [2.75, 3.05) is 59.9 Å². The fourth-order valence-corrected chi connectivity index (χ4v) is 6.22. The molecular formula is C38H53N3O12. The summed E-state index contributed by atoms with van der Waals surface area (Å²) in [6.07, 6.45) is -3.77. The Morgan fingerprint density at radius 1 is 0.811 bits per heavy atom. The molecule has 15 nitrogen and oxygen atoms in total. The number of alkyl carbamates (subject to hydrolysis) is 1. The van der Waals surface area contributed by atoms with Gasteiger partial charge in [-0.05, 0) is 42.5 Å². The summed E-state index contributed by atoms with van der Waals surface area (Å²) in [6.45, 7) is 6.28. The van der Waals surface area contributed by atoms with Gasteiger partial charge in [0.2, 0.25) is 11.8 Å². The van der Waals surface area contributed by atoms with Gasteiger partial charge in [0.25, 0.3) is 0 Å². The number of carbonyl (C=O) groups is 4. The lowest BCUT2D eigenvalue weighted by Gasteiger charge is -2.40. The molecule has 292 valence electrons. The molecule has 2 aliphatic rings. The Morgan fingerprint density at radius 2 is 1.45 bits per heavy atom. The molecule has 0 aromatic heterocycles. The lowest BCUT2D eigenvalue weighted by Crippen LogP contribution is -2.55. The summed E-state index contributed by atoms with van der Waals surface area (Å²) in [5.74, 6) is -1.51. The Morgan fingerprint density at radius 3 is 2.11 bits per heavy atom. The molecule has 1 aliphatic carbocycles. The number of hydrogen-bond acceptors (Lipinski definition) is 12. The number of methoxy groups -OCH3 is 1. The van der Waals surface area contributed by atoms with Gasteiger partial charge in [0.05, 0.1) is 44.7 Å². The van der Waals surface area contributed by atoms with Crippen LogP contribution in [0.25, 0.3) is 11.1 Å². The zero-order valence-electron chi connectivity index (χ0n) is 30.8. The van der Waals surface area contributed by atoms with E-state index in [0.717, 1.165) is 22.3 Å². The molecular weight excluding hydrogens is 690 g/mol. The maximum Gasteiger partial charge on any atom is 0.407 e. The van der Waals surface area contributed by atoms with Gasteiger partial charge in [0.1, 0.15) is 25.4 Å². The number of hydrogen-bond donors (Lipinski definition) is 5. The number of rotatable bonds is 21. The third-order valence-corrected chi connectivity index (χ3v) is 9.38. The maximum absolute atomic E-state index is 12.7. The highest BCUT2D eigenvalue weighted by molar-refractivity contribution is 5.91. The van der Waals surface area contributed by atoms with Crippen molar-refractivity contribution in [2.24, 2.45) is 5.92 Å². The molecule has 15 heteroatoms. The number of fused-ring (bicyclic) bond motifs is 3. The first-order valence-electron chi connectivity index (χ1n) is 18.0. The van der Waals surface area contributed by atoms with Gasteiger partial charge in [-0.15, -0.1) is 0 Å². The van der Waals surface area contributed by atoms with Crippen molar-refractivity contribution in [3.05, 3.63) is 59.7 Å². The first-order chi connectivity index (χ1) is 25.5. The number of aliphatic hydroxyl groups is 2. The Balaban J connectivity index is 0.986. The SMILES string of the molecule is CO[C@@H]1OC(COCC(=O)NCCOCCOCCCC(=O)C(C)NC(=O)C(C)NC(=O)OCC2c3ccccc3-c3ccccc32)[C@@H](C)[C@H](O)C1O. The Bertz CT molecular complexity index is 1460. The minimum Gasteiger partial charge on any atom is -0.449 e. The van der Waals surface area contributed by atoms with Crippen LogP contribution in [0.2, 0.25) is 0 Å². The van der Waals surface area contributed by atoms with Crippen molar-refractivity contribution >= 4 is 23.7 Å². The predicted molar refractivity (Wildman–Crippen MR) is 192 cm³/mol. The summed E-state index contributed by atoms with van der Waals surface area (Å²) in [5.41, 5.74) is 4.42. The molecule has 5 N–H and O–H groups in total. The molecule has 3 amide bonds. The molecule has 0 radical (unpaired) electrons. The Kier molecular flexibility index (Phi) is 16.6. The summed E-state index contributed by atoms with van der Waals surface area (Å²) in [4.78, 5) is 49.8. The highest BCUT2D eigenvalue weighted by Gasteiger charge is 2.42. The smallest absolute Gasteiger partial charge is 0.407 e. The van der Waals surface area contributed by atoms with Gasteiger partial charge in [0, 0.05) is 38.5 Å². The van der Waals surface area contributed by atoms with Crippen LogP contribution in [0.15, 0.2) is 48.5 Å². The van der Waals surface area contributed by atoms with Crippen LogP contribution in [-0.2, 0) is 42.8 Å². The van der Waals surface area contributed by atoms with Crippen LogP contribution >= 0.6 is 0 Å². The van der Waals surface area contributed by atoms with Crippen LogP contribution in [0, 0.1) is 5.92 Å². The summed E-state index contributed by atoms with van der Waals surface area (Å²) >= 11 is 0. The van der Waals surface area contributed by atoms with Crippen LogP contribution in [0.4, 0.5) is 4.79 Å². The van der Waals surface area contributed by atoms with Gasteiger partial charge in [-0.1, -0.05) is 55.5 Å². The number of nitrogens with one attached hydrogen (secondary N) is 3. The first kappa shape index (κ1) is 41.8. The first-order valence-corrected chi connectivity index (χ1v) is 18.0. The van der Waals surface area contributed by atoms with Crippen LogP contribution in [0.1, 0.15) is 50.7 Å². The van der Waals surface area contributed by atoms with Gasteiger partial charge in [0.15, 0.2) is 12.1 Å². The largest absolute Gasteiger partial charge is 0.449 e. The van der Waals surface area contributed by atoms with E-state index in [2.05, 4.69) is 28.1 Å². The minimum absolute atomic E-state index is 0.0492. The fourth-order valence-electron chi connectivity index (χ4n) is 6.22. The molecule has 1 fully saturated rings. The maximum atomic E-state index is 12.7. The van der Waals surface area contributed by atoms with Crippen LogP contribution in [0.5, 0.6) is 0 Å². The molecule has 2 aromatic rings. The molecule has 53 heavy (non-hydrogen) atoms. The number of Topliss-reactive ketones (excluding diaryl/α,β-unsaturated/α-hetero) is 1.